The number of carbonyl (C=O) groups is 2. The number of alkyl halides is 2. The van der Waals surface area contributed by atoms with Crippen LogP contribution in [0.5, 0.6) is 0 Å². The van der Waals surface area contributed by atoms with Gasteiger partial charge in [-0.1, -0.05) is 42.0 Å². The summed E-state index contributed by atoms with van der Waals surface area (Å²) in [7, 11) is 0. The Balaban J connectivity index is 1.50. The first-order valence-electron chi connectivity index (χ1n) is 10.9. The predicted molar refractivity (Wildman–Crippen MR) is 130 cm³/mol. The number of nitrogens with zero attached hydrogens (tertiary/aromatic N) is 3. The predicted octanol–water partition coefficient (Wildman–Crippen LogP) is 4.94. The van der Waals surface area contributed by atoms with Crippen molar-refractivity contribution in [3.63, 3.8) is 0 Å². The molecule has 2 aromatic carbocycles. The van der Waals surface area contributed by atoms with Gasteiger partial charge in [-0.3, -0.25) is 14.6 Å². The average Bonchev–Trinajstić information content (AvgIpc) is 2.85. The molecule has 1 N–H and O–H groups in total. The summed E-state index contributed by atoms with van der Waals surface area (Å²) >= 11 is 5.92. The van der Waals surface area contributed by atoms with Crippen LogP contribution in [0.1, 0.15) is 34.3 Å². The lowest BCUT2D eigenvalue weighted by atomic mass is 10.00. The lowest BCUT2D eigenvalue weighted by Gasteiger charge is -2.36. The Kier molecular flexibility index (Phi) is 7.08. The number of amides is 2. The molecule has 1 aliphatic rings. The fraction of sp³-hybridized carbons (Fsp3) is 0.231. The van der Waals surface area contributed by atoms with Gasteiger partial charge in [-0.15, -0.1) is 0 Å². The highest BCUT2D eigenvalue weighted by molar-refractivity contribution is 6.30. The molecule has 1 unspecified atom stereocenters. The first-order chi connectivity index (χ1) is 16.8. The van der Waals surface area contributed by atoms with Gasteiger partial charge in [0.05, 0.1) is 30.2 Å². The maximum Gasteiger partial charge on any atom is 0.265 e. The van der Waals surface area contributed by atoms with E-state index in [2.05, 4.69) is 10.3 Å². The van der Waals surface area contributed by atoms with Gasteiger partial charge in [0.1, 0.15) is 6.04 Å². The minimum atomic E-state index is -3.05. The Hall–Kier alpha value is -3.83. The van der Waals surface area contributed by atoms with Gasteiger partial charge in [0.2, 0.25) is 5.91 Å². The fourth-order valence-corrected chi connectivity index (χ4v) is 4.05. The van der Waals surface area contributed by atoms with E-state index >= 15 is 0 Å². The zero-order valence-corrected chi connectivity index (χ0v) is 19.3. The van der Waals surface area contributed by atoms with E-state index in [1.54, 1.807) is 18.2 Å². The second-order valence-corrected chi connectivity index (χ2v) is 8.70. The molecule has 6 nitrogen and oxygen atoms in total. The summed E-state index contributed by atoms with van der Waals surface area (Å²) in [6.07, 6.45) is 4.73. The lowest BCUT2D eigenvalue weighted by Crippen LogP contribution is -2.53. The number of nitriles is 1. The minimum Gasteiger partial charge on any atom is -0.343 e. The van der Waals surface area contributed by atoms with Crippen molar-refractivity contribution in [1.82, 2.24) is 15.2 Å². The van der Waals surface area contributed by atoms with Gasteiger partial charge in [0.15, 0.2) is 0 Å². The van der Waals surface area contributed by atoms with Gasteiger partial charge in [-0.2, -0.15) is 5.26 Å². The number of pyridine rings is 1. The van der Waals surface area contributed by atoms with Crippen molar-refractivity contribution in [3.05, 3.63) is 76.4 Å². The summed E-state index contributed by atoms with van der Waals surface area (Å²) in [5, 5.41) is 12.9. The summed E-state index contributed by atoms with van der Waals surface area (Å²) in [5.74, 6) is -4.32. The maximum atomic E-state index is 13.8. The fourth-order valence-electron chi connectivity index (χ4n) is 3.92. The summed E-state index contributed by atoms with van der Waals surface area (Å²) < 4.78 is 27.6. The second kappa shape index (κ2) is 10.2. The van der Waals surface area contributed by atoms with E-state index in [1.165, 1.54) is 12.3 Å². The third-order valence-corrected chi connectivity index (χ3v) is 6.03. The number of fused-ring (bicyclic) bond motifs is 1. The van der Waals surface area contributed by atoms with Crippen molar-refractivity contribution in [1.29, 1.82) is 5.26 Å². The molecule has 0 bridgehead atoms. The van der Waals surface area contributed by atoms with Gasteiger partial charge in [0, 0.05) is 23.0 Å². The van der Waals surface area contributed by atoms with Crippen LogP contribution < -0.4 is 5.32 Å². The number of nitrogens with one attached hydrogen (secondary N) is 1. The van der Waals surface area contributed by atoms with E-state index < -0.39 is 43.3 Å². The summed E-state index contributed by atoms with van der Waals surface area (Å²) in [6, 6.07) is 15.3. The minimum absolute atomic E-state index is 0.107. The third-order valence-electron chi connectivity index (χ3n) is 5.78. The molecule has 1 aliphatic heterocycles. The topological polar surface area (TPSA) is 86.1 Å². The number of hydrogen-bond acceptors (Lipinski definition) is 4. The van der Waals surface area contributed by atoms with Crippen LogP contribution >= 0.6 is 11.6 Å². The summed E-state index contributed by atoms with van der Waals surface area (Å²) in [6.45, 7) is -1.32. The lowest BCUT2D eigenvalue weighted by molar-refractivity contribution is -0.143. The molecule has 1 atom stereocenters. The molecule has 178 valence electrons. The molecule has 2 heterocycles. The molecular formula is C26H21ClF2N4O2. The number of halogens is 3. The number of aromatic nitrogens is 1. The van der Waals surface area contributed by atoms with Crippen molar-refractivity contribution in [2.45, 2.75) is 24.8 Å². The number of likely N-dealkylation sites (tertiary alicyclic amines) is 1. The Labute approximate surface area is 205 Å². The molecule has 9 heteroatoms. The van der Waals surface area contributed by atoms with E-state index in [0.29, 0.717) is 21.5 Å². The van der Waals surface area contributed by atoms with Crippen LogP contribution in [0.3, 0.4) is 0 Å². The SMILES string of the molecule is N#CC1CCC(F)(F)CN1C(=O)CNC(=O)c1ccnc2ccc(/C=C/c3ccc(Cl)cc3)cc12. The van der Waals surface area contributed by atoms with Crippen LogP contribution in [0.4, 0.5) is 8.78 Å². The Bertz CT molecular complexity index is 1340. The van der Waals surface area contributed by atoms with Crippen LogP contribution in [-0.4, -0.2) is 46.8 Å². The molecule has 3 aromatic rings. The monoisotopic (exact) mass is 494 g/mol. The molecule has 1 fully saturated rings. The molecule has 0 saturated carbocycles. The van der Waals surface area contributed by atoms with Gasteiger partial charge in [-0.05, 0) is 47.9 Å². The van der Waals surface area contributed by atoms with E-state index in [1.807, 2.05) is 42.5 Å². The van der Waals surface area contributed by atoms with Gasteiger partial charge in [0.25, 0.3) is 11.8 Å². The van der Waals surface area contributed by atoms with Gasteiger partial charge >= 0.3 is 0 Å². The van der Waals surface area contributed by atoms with E-state index in [-0.39, 0.29) is 6.42 Å². The molecule has 0 aliphatic carbocycles. The van der Waals surface area contributed by atoms with Crippen LogP contribution in [0.2, 0.25) is 5.02 Å². The number of benzene rings is 2. The highest BCUT2D eigenvalue weighted by atomic mass is 35.5. The summed E-state index contributed by atoms with van der Waals surface area (Å²) in [4.78, 5) is 30.6. The molecule has 2 amide bonds. The number of carbonyl (C=O) groups excluding carboxylic acids is 2. The highest BCUT2D eigenvalue weighted by Crippen LogP contribution is 2.30. The van der Waals surface area contributed by atoms with Crippen LogP contribution in [-0.2, 0) is 4.79 Å². The maximum absolute atomic E-state index is 13.8. The van der Waals surface area contributed by atoms with Crippen molar-refractivity contribution in [2.75, 3.05) is 13.1 Å². The van der Waals surface area contributed by atoms with Crippen molar-refractivity contribution >= 4 is 46.5 Å². The first kappa shape index (κ1) is 24.3. The zero-order valence-electron chi connectivity index (χ0n) is 18.5. The first-order valence-corrected chi connectivity index (χ1v) is 11.3. The number of hydrogen-bond donors (Lipinski definition) is 1. The zero-order chi connectivity index (χ0) is 25.0. The van der Waals surface area contributed by atoms with Crippen molar-refractivity contribution in [3.8, 4) is 6.07 Å². The van der Waals surface area contributed by atoms with Crippen molar-refractivity contribution < 1.29 is 18.4 Å². The largest absolute Gasteiger partial charge is 0.343 e. The summed E-state index contributed by atoms with van der Waals surface area (Å²) in [5.41, 5.74) is 2.67. The molecule has 1 aromatic heterocycles. The van der Waals surface area contributed by atoms with E-state index in [4.69, 9.17) is 11.6 Å². The number of piperidine rings is 1. The van der Waals surface area contributed by atoms with E-state index in [9.17, 15) is 23.6 Å². The standard InChI is InChI=1S/C26H21ClF2N4O2/c27-19-6-3-17(4-7-19)1-2-18-5-8-23-22(13-18)21(10-12-31-23)25(35)32-15-24(34)33-16-26(28,29)11-9-20(33)14-30/h1-8,10,12-13,20H,9,11,15-16H2,(H,32,35)/b2-1+. The van der Waals surface area contributed by atoms with E-state index in [0.717, 1.165) is 16.0 Å². The third kappa shape index (κ3) is 5.81. The normalized spacial score (nSPS) is 17.3. The molecule has 0 radical (unpaired) electrons. The molecule has 0 spiro atoms. The Morgan fingerprint density at radius 3 is 2.63 bits per heavy atom. The Morgan fingerprint density at radius 1 is 1.17 bits per heavy atom. The quantitative estimate of drug-likeness (QED) is 0.509. The molecule has 1 saturated heterocycles. The van der Waals surface area contributed by atoms with Crippen LogP contribution in [0, 0.1) is 11.3 Å². The van der Waals surface area contributed by atoms with Crippen molar-refractivity contribution in [2.24, 2.45) is 0 Å². The highest BCUT2D eigenvalue weighted by Gasteiger charge is 2.42. The van der Waals surface area contributed by atoms with Gasteiger partial charge in [-0.25, -0.2) is 8.78 Å². The number of rotatable bonds is 5. The van der Waals surface area contributed by atoms with Crippen LogP contribution in [0.25, 0.3) is 23.1 Å². The average molecular weight is 495 g/mol. The molecular weight excluding hydrogens is 474 g/mol. The van der Waals surface area contributed by atoms with Gasteiger partial charge < -0.3 is 10.2 Å². The molecule has 4 rings (SSSR count). The second-order valence-electron chi connectivity index (χ2n) is 8.26. The Morgan fingerprint density at radius 2 is 1.89 bits per heavy atom. The van der Waals surface area contributed by atoms with Crippen LogP contribution in [0.15, 0.2) is 54.7 Å². The molecule has 35 heavy (non-hydrogen) atoms. The smallest absolute Gasteiger partial charge is 0.265 e.